The topological polar surface area (TPSA) is 116 Å². The maximum absolute atomic E-state index is 12.4. The van der Waals surface area contributed by atoms with Crippen LogP contribution in [-0.4, -0.2) is 41.3 Å². The normalized spacial score (nSPS) is 12.7. The second-order valence-electron chi connectivity index (χ2n) is 5.77. The average molecular weight is 405 g/mol. The lowest BCUT2D eigenvalue weighted by Crippen LogP contribution is -2.35. The molecule has 0 aromatic heterocycles. The third-order valence-corrected chi connectivity index (χ3v) is 4.33. The van der Waals surface area contributed by atoms with Crippen LogP contribution in [0.2, 0.25) is 5.02 Å². The van der Waals surface area contributed by atoms with E-state index < -0.39 is 34.9 Å². The fourth-order valence-electron chi connectivity index (χ4n) is 2.80. The van der Waals surface area contributed by atoms with Crippen LogP contribution in [0.1, 0.15) is 26.3 Å². The van der Waals surface area contributed by atoms with E-state index in [9.17, 15) is 24.5 Å². The van der Waals surface area contributed by atoms with Crippen LogP contribution in [-0.2, 0) is 16.1 Å². The number of fused-ring (bicyclic) bond motifs is 1. The molecule has 1 aliphatic rings. The SMILES string of the molecule is COc1ccc(Cl)cc1COC(=O)CN1C(=O)c2cccc([N+](=O)[O-])c2C1=O. The number of ether oxygens (including phenoxy) is 2. The van der Waals surface area contributed by atoms with E-state index in [4.69, 9.17) is 21.1 Å². The zero-order valence-corrected chi connectivity index (χ0v) is 15.3. The summed E-state index contributed by atoms with van der Waals surface area (Å²) in [5.74, 6) is -2.11. The number of hydrogen-bond donors (Lipinski definition) is 0. The Morgan fingerprint density at radius 1 is 1.21 bits per heavy atom. The summed E-state index contributed by atoms with van der Waals surface area (Å²) in [5, 5.41) is 11.5. The highest BCUT2D eigenvalue weighted by Crippen LogP contribution is 2.30. The number of nitro benzene ring substituents is 1. The van der Waals surface area contributed by atoms with E-state index in [1.54, 1.807) is 18.2 Å². The molecule has 0 saturated heterocycles. The molecule has 0 unspecified atom stereocenters. The minimum Gasteiger partial charge on any atom is -0.496 e. The van der Waals surface area contributed by atoms with Crippen molar-refractivity contribution in [1.82, 2.24) is 4.90 Å². The number of carbonyl (C=O) groups is 3. The molecular formula is C18H13ClN2O7. The van der Waals surface area contributed by atoms with Crippen LogP contribution in [0, 0.1) is 10.1 Å². The van der Waals surface area contributed by atoms with Crippen LogP contribution in [0.5, 0.6) is 5.75 Å². The van der Waals surface area contributed by atoms with E-state index in [1.807, 2.05) is 0 Å². The third kappa shape index (κ3) is 3.52. The molecule has 1 aliphatic heterocycles. The average Bonchev–Trinajstić information content (AvgIpc) is 2.91. The van der Waals surface area contributed by atoms with Crippen molar-refractivity contribution < 1.29 is 28.8 Å². The zero-order valence-electron chi connectivity index (χ0n) is 14.5. The Hall–Kier alpha value is -3.46. The van der Waals surface area contributed by atoms with E-state index in [-0.39, 0.29) is 17.7 Å². The first kappa shape index (κ1) is 19.3. The summed E-state index contributed by atoms with van der Waals surface area (Å²) in [4.78, 5) is 47.9. The molecule has 3 rings (SSSR count). The van der Waals surface area contributed by atoms with Gasteiger partial charge >= 0.3 is 5.97 Å². The van der Waals surface area contributed by atoms with Crippen molar-refractivity contribution in [3.8, 4) is 5.75 Å². The molecule has 2 aromatic carbocycles. The van der Waals surface area contributed by atoms with Crippen molar-refractivity contribution in [2.24, 2.45) is 0 Å². The van der Waals surface area contributed by atoms with Crippen LogP contribution in [0.4, 0.5) is 5.69 Å². The van der Waals surface area contributed by atoms with Crippen molar-refractivity contribution >= 4 is 35.1 Å². The number of hydrogen-bond acceptors (Lipinski definition) is 7. The Morgan fingerprint density at radius 2 is 1.96 bits per heavy atom. The van der Waals surface area contributed by atoms with Gasteiger partial charge in [-0.2, -0.15) is 0 Å². The van der Waals surface area contributed by atoms with Gasteiger partial charge in [0.25, 0.3) is 17.5 Å². The molecule has 2 amide bonds. The number of rotatable bonds is 6. The maximum Gasteiger partial charge on any atom is 0.326 e. The molecule has 0 bridgehead atoms. The lowest BCUT2D eigenvalue weighted by Gasteiger charge is -2.14. The van der Waals surface area contributed by atoms with Gasteiger partial charge in [-0.25, -0.2) is 0 Å². The van der Waals surface area contributed by atoms with Crippen molar-refractivity contribution in [3.63, 3.8) is 0 Å². The first-order valence-corrected chi connectivity index (χ1v) is 8.33. The molecule has 0 aliphatic carbocycles. The first-order chi connectivity index (χ1) is 13.3. The number of imide groups is 1. The van der Waals surface area contributed by atoms with Crippen LogP contribution >= 0.6 is 11.6 Å². The summed E-state index contributed by atoms with van der Waals surface area (Å²) in [5.41, 5.74) is -0.443. The molecule has 2 aromatic rings. The molecule has 0 spiro atoms. The fourth-order valence-corrected chi connectivity index (χ4v) is 3.00. The highest BCUT2D eigenvalue weighted by molar-refractivity contribution is 6.30. The second-order valence-corrected chi connectivity index (χ2v) is 6.21. The maximum atomic E-state index is 12.4. The van der Waals surface area contributed by atoms with Gasteiger partial charge in [-0.05, 0) is 24.3 Å². The van der Waals surface area contributed by atoms with Crippen LogP contribution in [0.3, 0.4) is 0 Å². The number of amides is 2. The predicted octanol–water partition coefficient (Wildman–Crippen LogP) is 2.60. The second kappa shape index (κ2) is 7.65. The van der Waals surface area contributed by atoms with Gasteiger partial charge in [0.1, 0.15) is 24.5 Å². The molecule has 0 atom stereocenters. The Balaban J connectivity index is 1.73. The van der Waals surface area contributed by atoms with Gasteiger partial charge in [0.15, 0.2) is 0 Å². The number of carbonyl (C=O) groups excluding carboxylic acids is 3. The Bertz CT molecular complexity index is 1010. The molecule has 144 valence electrons. The first-order valence-electron chi connectivity index (χ1n) is 7.95. The van der Waals surface area contributed by atoms with Gasteiger partial charge < -0.3 is 9.47 Å². The Morgan fingerprint density at radius 3 is 2.64 bits per heavy atom. The number of esters is 1. The van der Waals surface area contributed by atoms with Gasteiger partial charge in [0, 0.05) is 16.7 Å². The molecule has 0 fully saturated rings. The lowest BCUT2D eigenvalue weighted by atomic mass is 10.1. The van der Waals surface area contributed by atoms with Gasteiger partial charge in [0.05, 0.1) is 17.6 Å². The van der Waals surface area contributed by atoms with Crippen molar-refractivity contribution in [3.05, 3.63) is 68.2 Å². The monoisotopic (exact) mass is 404 g/mol. The molecule has 0 radical (unpaired) electrons. The van der Waals surface area contributed by atoms with Gasteiger partial charge in [0.2, 0.25) is 0 Å². The van der Waals surface area contributed by atoms with Gasteiger partial charge in [-0.1, -0.05) is 17.7 Å². The Kier molecular flexibility index (Phi) is 5.27. The van der Waals surface area contributed by atoms with E-state index in [1.165, 1.54) is 19.2 Å². The molecule has 1 heterocycles. The smallest absolute Gasteiger partial charge is 0.326 e. The van der Waals surface area contributed by atoms with Crippen molar-refractivity contribution in [2.75, 3.05) is 13.7 Å². The predicted molar refractivity (Wildman–Crippen MR) is 96.3 cm³/mol. The van der Waals surface area contributed by atoms with E-state index >= 15 is 0 Å². The number of benzene rings is 2. The number of halogens is 1. The molecule has 0 saturated carbocycles. The molecular weight excluding hydrogens is 392 g/mol. The quantitative estimate of drug-likeness (QED) is 0.314. The Labute approximate surface area is 163 Å². The minimum atomic E-state index is -0.912. The minimum absolute atomic E-state index is 0.122. The highest BCUT2D eigenvalue weighted by atomic mass is 35.5. The van der Waals surface area contributed by atoms with E-state index in [2.05, 4.69) is 0 Å². The van der Waals surface area contributed by atoms with Gasteiger partial charge in [-0.3, -0.25) is 29.4 Å². The molecule has 9 nitrogen and oxygen atoms in total. The standard InChI is InChI=1S/C18H13ClN2O7/c1-27-14-6-5-11(19)7-10(14)9-28-15(22)8-20-17(23)12-3-2-4-13(21(25)26)16(12)18(20)24/h2-7H,8-9H2,1H3. The molecule has 10 heteroatoms. The van der Waals surface area contributed by atoms with Crippen LogP contribution < -0.4 is 4.74 Å². The van der Waals surface area contributed by atoms with E-state index in [0.29, 0.717) is 21.2 Å². The van der Waals surface area contributed by atoms with Crippen LogP contribution in [0.25, 0.3) is 0 Å². The largest absolute Gasteiger partial charge is 0.496 e. The van der Waals surface area contributed by atoms with Gasteiger partial charge in [-0.15, -0.1) is 0 Å². The lowest BCUT2D eigenvalue weighted by molar-refractivity contribution is -0.385. The summed E-state index contributed by atoms with van der Waals surface area (Å²) in [6.45, 7) is -0.863. The summed E-state index contributed by atoms with van der Waals surface area (Å²) in [6.07, 6.45) is 0. The van der Waals surface area contributed by atoms with Crippen molar-refractivity contribution in [2.45, 2.75) is 6.61 Å². The molecule has 28 heavy (non-hydrogen) atoms. The summed E-state index contributed by atoms with van der Waals surface area (Å²) in [6, 6.07) is 8.49. The summed E-state index contributed by atoms with van der Waals surface area (Å²) in [7, 11) is 1.44. The number of nitrogens with zero attached hydrogens (tertiary/aromatic N) is 2. The summed E-state index contributed by atoms with van der Waals surface area (Å²) >= 11 is 5.91. The van der Waals surface area contributed by atoms with Crippen molar-refractivity contribution in [1.29, 1.82) is 0 Å². The molecule has 0 N–H and O–H groups in total. The van der Waals surface area contributed by atoms with E-state index in [0.717, 1.165) is 6.07 Å². The third-order valence-electron chi connectivity index (χ3n) is 4.09. The number of methoxy groups -OCH3 is 1. The van der Waals surface area contributed by atoms with Crippen LogP contribution in [0.15, 0.2) is 36.4 Å². The summed E-state index contributed by atoms with van der Waals surface area (Å²) < 4.78 is 10.2. The highest BCUT2D eigenvalue weighted by Gasteiger charge is 2.41. The number of nitro groups is 1. The zero-order chi connectivity index (χ0) is 20.4. The fraction of sp³-hybridized carbons (Fsp3) is 0.167.